The Labute approximate surface area is 247 Å². The molecule has 0 spiro atoms. The normalized spacial score (nSPS) is 37.6. The van der Waals surface area contributed by atoms with Crippen molar-refractivity contribution in [2.45, 2.75) is 61.4 Å². The minimum Gasteiger partial charge on any atom is -1.00 e. The van der Waals surface area contributed by atoms with Gasteiger partial charge in [-0.3, -0.25) is 9.11 Å². The molecule has 20 heteroatoms. The van der Waals surface area contributed by atoms with Gasteiger partial charge >= 0.3 is 69.5 Å². The fourth-order valence-corrected chi connectivity index (χ4v) is 2.64. The fraction of sp³-hybridized carbons (Fsp3) is 1.00. The summed E-state index contributed by atoms with van der Waals surface area (Å²) in [5.41, 5.74) is 10.6. The van der Waals surface area contributed by atoms with Gasteiger partial charge in [-0.15, -0.1) is 0 Å². The molecule has 0 aromatic heterocycles. The molecule has 33 heavy (non-hydrogen) atoms. The zero-order chi connectivity index (χ0) is 23.1. The van der Waals surface area contributed by atoms with Gasteiger partial charge in [0.1, 0.15) is 18.3 Å². The van der Waals surface area contributed by atoms with Gasteiger partial charge in [-0.25, -0.2) is 0 Å². The van der Waals surface area contributed by atoms with Crippen molar-refractivity contribution >= 4 is 10.4 Å². The molecule has 0 aromatic carbocycles. The largest absolute Gasteiger partial charge is 1.00 e. The summed E-state index contributed by atoms with van der Waals surface area (Å²) in [4.78, 5) is 0. The topological polar surface area (TPSA) is 298 Å². The average molecular weight is 571 g/mol. The molecule has 1 saturated carbocycles. The molecule has 0 amide bonds. The number of hydrogen-bond acceptors (Lipinski definition) is 13. The van der Waals surface area contributed by atoms with Gasteiger partial charge in [0.15, 0.2) is 6.29 Å². The van der Waals surface area contributed by atoms with Gasteiger partial charge in [0.2, 0.25) is 0 Å². The van der Waals surface area contributed by atoms with Crippen molar-refractivity contribution in [1.29, 1.82) is 0 Å². The van der Waals surface area contributed by atoms with E-state index in [1.165, 1.54) is 0 Å². The maximum absolute atomic E-state index is 9.32. The van der Waals surface area contributed by atoms with Crippen molar-refractivity contribution in [3.8, 4) is 0 Å². The van der Waals surface area contributed by atoms with Crippen LogP contribution in [0.15, 0.2) is 0 Å². The monoisotopic (exact) mass is 570 g/mol. The van der Waals surface area contributed by atoms with E-state index in [-0.39, 0.29) is 97.0 Å². The summed E-state index contributed by atoms with van der Waals surface area (Å²) < 4.78 is 36.3. The first-order valence-electron chi connectivity index (χ1n) is 8.32. The number of rotatable bonds is 2. The van der Waals surface area contributed by atoms with Crippen LogP contribution in [0.5, 0.6) is 0 Å². The Hall–Kier alpha value is 2.01. The van der Waals surface area contributed by atoms with Gasteiger partial charge in [0.25, 0.3) is 0 Å². The van der Waals surface area contributed by atoms with Crippen LogP contribution in [0.3, 0.4) is 0 Å². The summed E-state index contributed by atoms with van der Waals surface area (Å²) in [6.45, 7) is -0.718. The molecule has 2 fully saturated rings. The molecular formula is C13H30Cl2N2Na2O13S. The summed E-state index contributed by atoms with van der Waals surface area (Å²) in [5, 5.41) is 72.7. The predicted octanol–water partition coefficient (Wildman–Crippen LogP) is -18.5. The van der Waals surface area contributed by atoms with Crippen molar-refractivity contribution in [3.05, 3.63) is 0 Å². The van der Waals surface area contributed by atoms with Crippen molar-refractivity contribution in [2.75, 3.05) is 13.2 Å². The van der Waals surface area contributed by atoms with E-state index in [2.05, 4.69) is 0 Å². The summed E-state index contributed by atoms with van der Waals surface area (Å²) in [6.07, 6.45) is -7.65. The zero-order valence-electron chi connectivity index (χ0n) is 17.9. The van der Waals surface area contributed by atoms with Gasteiger partial charge in [-0.1, -0.05) is 0 Å². The van der Waals surface area contributed by atoms with Gasteiger partial charge in [0, 0.05) is 12.5 Å². The van der Waals surface area contributed by atoms with Crippen LogP contribution < -0.4 is 95.4 Å². The molecule has 2 aliphatic rings. The van der Waals surface area contributed by atoms with Gasteiger partial charge < -0.3 is 81.9 Å². The molecule has 15 nitrogen and oxygen atoms in total. The van der Waals surface area contributed by atoms with Crippen molar-refractivity contribution in [2.24, 2.45) is 17.4 Å². The van der Waals surface area contributed by atoms with Gasteiger partial charge in [0.05, 0.1) is 37.0 Å². The second-order valence-electron chi connectivity index (χ2n) is 6.56. The fourth-order valence-electron chi connectivity index (χ4n) is 2.64. The Kier molecular flexibility index (Phi) is 28.6. The maximum atomic E-state index is 9.32. The van der Waals surface area contributed by atoms with E-state index < -0.39 is 77.9 Å². The standard InChI is InChI=1S/C7H15NO4.C6H13NO5.2ClH.2Na.H2O4S/c8-5-4(10)1-3(2-9)6(11)7(5)12;7-3-5(10)4(9)2(1-8)12-6(3)11;;;;;1-5(2,3)4/h3-7,9-12H,1-2,8H2;2-6,8-11H,1,7H2;2*1H;;;(H2,1,2,3,4)/q;;;;2*+1;/p-2. The average Bonchev–Trinajstić information content (AvgIpc) is 2.63. The van der Waals surface area contributed by atoms with Crippen molar-refractivity contribution < 1.29 is 147 Å². The number of ether oxygens (including phenoxy) is 1. The molecule has 10 unspecified atom stereocenters. The smallest absolute Gasteiger partial charge is 1.00 e. The first-order valence-corrected chi connectivity index (χ1v) is 9.71. The molecule has 10 atom stereocenters. The first kappa shape index (κ1) is 45.0. The minimum absolute atomic E-state index is 0. The molecule has 0 radical (unpaired) electrons. The Morgan fingerprint density at radius 1 is 0.758 bits per heavy atom. The van der Waals surface area contributed by atoms with Gasteiger partial charge in [-0.05, 0) is 6.42 Å². The Morgan fingerprint density at radius 2 is 1.15 bits per heavy atom. The van der Waals surface area contributed by atoms with Crippen LogP contribution in [-0.2, 0) is 15.1 Å². The molecule has 1 saturated heterocycles. The van der Waals surface area contributed by atoms with E-state index in [1.54, 1.807) is 0 Å². The third-order valence-electron chi connectivity index (χ3n) is 4.40. The first-order chi connectivity index (χ1) is 13.1. The van der Waals surface area contributed by atoms with E-state index in [0.717, 1.165) is 0 Å². The van der Waals surface area contributed by atoms with Crippen LogP contribution in [0.1, 0.15) is 6.42 Å². The minimum atomic E-state index is -4.67. The molecule has 1 heterocycles. The predicted molar refractivity (Wildman–Crippen MR) is 93.3 cm³/mol. The van der Waals surface area contributed by atoms with E-state index in [4.69, 9.17) is 49.0 Å². The number of nitrogens with two attached hydrogens (primary N) is 2. The third kappa shape index (κ3) is 16.5. The van der Waals surface area contributed by atoms with Crippen LogP contribution in [0.2, 0.25) is 0 Å². The van der Waals surface area contributed by atoms with Gasteiger partial charge in [-0.2, -0.15) is 8.42 Å². The molecule has 1 aliphatic carbocycles. The molecule has 1 aliphatic heterocycles. The second-order valence-corrected chi connectivity index (χ2v) is 7.45. The SMILES string of the molecule is NC1C(O)CC(CO)C(O)C1O.NC1C(O)OC(CO)C(O)C1O.O=S(=O)(O)O.[Cl-].[Cl-].[Na+].[Na+]. The van der Waals surface area contributed by atoms with Crippen molar-refractivity contribution in [1.82, 2.24) is 0 Å². The zero-order valence-corrected chi connectivity index (χ0v) is 24.2. The molecule has 0 bridgehead atoms. The van der Waals surface area contributed by atoms with E-state index in [9.17, 15) is 25.5 Å². The van der Waals surface area contributed by atoms with Crippen molar-refractivity contribution in [3.63, 3.8) is 0 Å². The summed E-state index contributed by atoms with van der Waals surface area (Å²) in [7, 11) is -4.67. The van der Waals surface area contributed by atoms with Crippen LogP contribution >= 0.6 is 0 Å². The summed E-state index contributed by atoms with van der Waals surface area (Å²) in [5.74, 6) is -0.477. The van der Waals surface area contributed by atoms with Crippen LogP contribution in [-0.4, -0.2) is 127 Å². The van der Waals surface area contributed by atoms with Crippen LogP contribution in [0.4, 0.5) is 0 Å². The number of halogens is 2. The Balaban J connectivity index is -0.000000120. The number of aliphatic hydroxyl groups is 8. The molecule has 14 N–H and O–H groups in total. The molecule has 192 valence electrons. The van der Waals surface area contributed by atoms with E-state index in [1.807, 2.05) is 0 Å². The molecular weight excluding hydrogens is 541 g/mol. The molecule has 2 rings (SSSR count). The van der Waals surface area contributed by atoms with Crippen LogP contribution in [0.25, 0.3) is 0 Å². The quantitative estimate of drug-likeness (QED) is 0.108. The van der Waals surface area contributed by atoms with Crippen LogP contribution in [0, 0.1) is 5.92 Å². The third-order valence-corrected chi connectivity index (χ3v) is 4.40. The second kappa shape index (κ2) is 21.0. The summed E-state index contributed by atoms with van der Waals surface area (Å²) >= 11 is 0. The number of aliphatic hydroxyl groups excluding tert-OH is 8. The van der Waals surface area contributed by atoms with E-state index >= 15 is 0 Å². The maximum Gasteiger partial charge on any atom is 1.00 e. The molecule has 0 aromatic rings. The Morgan fingerprint density at radius 3 is 1.52 bits per heavy atom. The summed E-state index contributed by atoms with van der Waals surface area (Å²) in [6, 6.07) is -1.86. The van der Waals surface area contributed by atoms with E-state index in [0.29, 0.717) is 0 Å². The Bertz CT molecular complexity index is 537. The number of hydrogen-bond donors (Lipinski definition) is 12.